The third-order valence-corrected chi connectivity index (χ3v) is 3.97. The molecule has 104 valence electrons. The summed E-state index contributed by atoms with van der Waals surface area (Å²) < 4.78 is 5.46. The lowest BCUT2D eigenvalue weighted by Gasteiger charge is -2.24. The van der Waals surface area contributed by atoms with Gasteiger partial charge in [-0.15, -0.1) is 0 Å². The first-order valence-electron chi connectivity index (χ1n) is 7.09. The lowest BCUT2D eigenvalue weighted by Crippen LogP contribution is -2.07. The van der Waals surface area contributed by atoms with Crippen molar-refractivity contribution in [1.29, 1.82) is 0 Å². The summed E-state index contributed by atoms with van der Waals surface area (Å²) in [4.78, 5) is 10.7. The Labute approximate surface area is 114 Å². The fraction of sp³-hybridized carbons (Fsp3) is 0.562. The average molecular weight is 262 g/mol. The maximum atomic E-state index is 10.7. The van der Waals surface area contributed by atoms with E-state index in [0.717, 1.165) is 11.3 Å². The van der Waals surface area contributed by atoms with Crippen LogP contribution < -0.4 is 4.74 Å². The van der Waals surface area contributed by atoms with Crippen molar-refractivity contribution in [1.82, 2.24) is 0 Å². The molecule has 0 aromatic heterocycles. The Bertz CT molecular complexity index is 434. The first kappa shape index (κ1) is 13.9. The number of aryl methyl sites for hydroxylation is 1. The molecule has 0 radical (unpaired) electrons. The first-order chi connectivity index (χ1) is 9.20. The van der Waals surface area contributed by atoms with Crippen LogP contribution in [0.5, 0.6) is 5.75 Å². The van der Waals surface area contributed by atoms with Gasteiger partial charge in [0.2, 0.25) is 0 Å². The van der Waals surface area contributed by atoms with Crippen LogP contribution in [0, 0.1) is 0 Å². The van der Waals surface area contributed by atoms with E-state index in [-0.39, 0.29) is 6.42 Å². The largest absolute Gasteiger partial charge is 0.496 e. The van der Waals surface area contributed by atoms with Gasteiger partial charge in [-0.3, -0.25) is 4.79 Å². The number of carbonyl (C=O) groups is 1. The van der Waals surface area contributed by atoms with Crippen LogP contribution in [0.15, 0.2) is 18.2 Å². The number of methoxy groups -OCH3 is 1. The second-order valence-electron chi connectivity index (χ2n) is 5.30. The van der Waals surface area contributed by atoms with Crippen molar-refractivity contribution in [2.75, 3.05) is 7.11 Å². The molecule has 1 aromatic carbocycles. The van der Waals surface area contributed by atoms with Crippen molar-refractivity contribution in [3.05, 3.63) is 29.3 Å². The van der Waals surface area contributed by atoms with Gasteiger partial charge in [0.25, 0.3) is 0 Å². The first-order valence-corrected chi connectivity index (χ1v) is 7.09. The summed E-state index contributed by atoms with van der Waals surface area (Å²) in [5.74, 6) is 0.787. The number of benzene rings is 1. The van der Waals surface area contributed by atoms with Gasteiger partial charge in [-0.1, -0.05) is 31.4 Å². The predicted octanol–water partition coefficient (Wildman–Crippen LogP) is 3.76. The molecule has 19 heavy (non-hydrogen) atoms. The van der Waals surface area contributed by atoms with Crippen LogP contribution in [-0.4, -0.2) is 18.2 Å². The number of hydrogen-bond acceptors (Lipinski definition) is 2. The molecule has 0 atom stereocenters. The van der Waals surface area contributed by atoms with E-state index in [1.807, 2.05) is 12.1 Å². The fourth-order valence-corrected chi connectivity index (χ4v) is 2.92. The highest BCUT2D eigenvalue weighted by Gasteiger charge is 2.19. The van der Waals surface area contributed by atoms with Crippen LogP contribution in [0.4, 0.5) is 0 Å². The molecule has 0 aliphatic heterocycles. The van der Waals surface area contributed by atoms with Crippen LogP contribution in [0.2, 0.25) is 0 Å². The molecule has 0 heterocycles. The molecule has 1 fully saturated rings. The van der Waals surface area contributed by atoms with Crippen molar-refractivity contribution in [3.63, 3.8) is 0 Å². The van der Waals surface area contributed by atoms with E-state index in [9.17, 15) is 4.79 Å². The quantitative estimate of drug-likeness (QED) is 0.878. The second kappa shape index (κ2) is 6.60. The predicted molar refractivity (Wildman–Crippen MR) is 74.8 cm³/mol. The minimum Gasteiger partial charge on any atom is -0.496 e. The van der Waals surface area contributed by atoms with Gasteiger partial charge in [0.1, 0.15) is 5.75 Å². The molecule has 0 bridgehead atoms. The van der Waals surface area contributed by atoms with E-state index < -0.39 is 5.97 Å². The van der Waals surface area contributed by atoms with Crippen molar-refractivity contribution in [2.24, 2.45) is 0 Å². The van der Waals surface area contributed by atoms with Crippen LogP contribution in [0.25, 0.3) is 0 Å². The minimum absolute atomic E-state index is 0.191. The van der Waals surface area contributed by atoms with Crippen molar-refractivity contribution < 1.29 is 14.6 Å². The maximum Gasteiger partial charge on any atom is 0.303 e. The van der Waals surface area contributed by atoms with Gasteiger partial charge < -0.3 is 9.84 Å². The normalized spacial score (nSPS) is 16.3. The van der Waals surface area contributed by atoms with Crippen LogP contribution >= 0.6 is 0 Å². The molecule has 1 aliphatic rings. The van der Waals surface area contributed by atoms with Gasteiger partial charge >= 0.3 is 5.97 Å². The fourth-order valence-electron chi connectivity index (χ4n) is 2.92. The molecule has 1 aliphatic carbocycles. The third-order valence-electron chi connectivity index (χ3n) is 3.97. The number of aliphatic carboxylic acids is 1. The van der Waals surface area contributed by atoms with E-state index in [2.05, 4.69) is 6.07 Å². The summed E-state index contributed by atoms with van der Waals surface area (Å²) in [5.41, 5.74) is 2.37. The van der Waals surface area contributed by atoms with Crippen molar-refractivity contribution in [3.8, 4) is 5.75 Å². The summed E-state index contributed by atoms with van der Waals surface area (Å²) in [6, 6.07) is 6.12. The molecule has 0 amide bonds. The standard InChI is InChI=1S/C16H22O3/c1-19-15-9-7-12(8-10-16(17)18)11-14(15)13-5-3-2-4-6-13/h7,9,11,13H,2-6,8,10H2,1H3,(H,17,18). The second-order valence-corrected chi connectivity index (χ2v) is 5.30. The molecule has 0 spiro atoms. The Morgan fingerprint density at radius 3 is 2.68 bits per heavy atom. The molecule has 1 saturated carbocycles. The SMILES string of the molecule is COc1ccc(CCC(=O)O)cc1C1CCCCC1. The Kier molecular flexibility index (Phi) is 4.83. The molecule has 1 aromatic rings. The van der Waals surface area contributed by atoms with E-state index in [1.54, 1.807) is 7.11 Å². The molecule has 1 N–H and O–H groups in total. The third kappa shape index (κ3) is 3.72. The van der Waals surface area contributed by atoms with Gasteiger partial charge in [-0.05, 0) is 42.4 Å². The Morgan fingerprint density at radius 2 is 2.05 bits per heavy atom. The summed E-state index contributed by atoms with van der Waals surface area (Å²) in [6.45, 7) is 0. The summed E-state index contributed by atoms with van der Waals surface area (Å²) in [7, 11) is 1.71. The highest BCUT2D eigenvalue weighted by molar-refractivity contribution is 5.67. The minimum atomic E-state index is -0.741. The maximum absolute atomic E-state index is 10.7. The topological polar surface area (TPSA) is 46.5 Å². The van der Waals surface area contributed by atoms with Crippen molar-refractivity contribution in [2.45, 2.75) is 50.9 Å². The summed E-state index contributed by atoms with van der Waals surface area (Å²) in [6.07, 6.45) is 7.13. The smallest absolute Gasteiger partial charge is 0.303 e. The lowest BCUT2D eigenvalue weighted by atomic mass is 9.83. The molecule has 0 saturated heterocycles. The van der Waals surface area contributed by atoms with E-state index in [4.69, 9.17) is 9.84 Å². The monoisotopic (exact) mass is 262 g/mol. The number of carboxylic acids is 1. The Hall–Kier alpha value is -1.51. The Morgan fingerprint density at radius 1 is 1.32 bits per heavy atom. The molecule has 0 unspecified atom stereocenters. The van der Waals surface area contributed by atoms with Gasteiger partial charge in [-0.25, -0.2) is 0 Å². The zero-order chi connectivity index (χ0) is 13.7. The highest BCUT2D eigenvalue weighted by atomic mass is 16.5. The van der Waals surface area contributed by atoms with Gasteiger partial charge in [0.15, 0.2) is 0 Å². The van der Waals surface area contributed by atoms with E-state index in [0.29, 0.717) is 12.3 Å². The zero-order valence-corrected chi connectivity index (χ0v) is 11.5. The van der Waals surface area contributed by atoms with Crippen LogP contribution in [0.3, 0.4) is 0 Å². The molecule has 3 heteroatoms. The highest BCUT2D eigenvalue weighted by Crippen LogP contribution is 2.37. The zero-order valence-electron chi connectivity index (χ0n) is 11.5. The van der Waals surface area contributed by atoms with Crippen molar-refractivity contribution >= 4 is 5.97 Å². The Balaban J connectivity index is 2.17. The van der Waals surface area contributed by atoms with E-state index in [1.165, 1.54) is 37.7 Å². The van der Waals surface area contributed by atoms with Gasteiger partial charge in [-0.2, -0.15) is 0 Å². The van der Waals surface area contributed by atoms with Crippen LogP contribution in [0.1, 0.15) is 55.6 Å². The average Bonchev–Trinajstić information content (AvgIpc) is 2.45. The lowest BCUT2D eigenvalue weighted by molar-refractivity contribution is -0.136. The van der Waals surface area contributed by atoms with E-state index >= 15 is 0 Å². The number of carboxylic acid groups (broad SMARTS) is 1. The number of rotatable bonds is 5. The number of ether oxygens (including phenoxy) is 1. The molecular weight excluding hydrogens is 240 g/mol. The van der Waals surface area contributed by atoms with Gasteiger partial charge in [0, 0.05) is 6.42 Å². The molecule has 3 nitrogen and oxygen atoms in total. The molecule has 2 rings (SSSR count). The van der Waals surface area contributed by atoms with Gasteiger partial charge in [0.05, 0.1) is 7.11 Å². The number of hydrogen-bond donors (Lipinski definition) is 1. The summed E-state index contributed by atoms with van der Waals surface area (Å²) >= 11 is 0. The van der Waals surface area contributed by atoms with Crippen LogP contribution in [-0.2, 0) is 11.2 Å². The molecular formula is C16H22O3. The summed E-state index contributed by atoms with van der Waals surface area (Å²) in [5, 5.41) is 8.77.